The van der Waals surface area contributed by atoms with E-state index in [-0.39, 0.29) is 16.8 Å². The second-order valence-electron chi connectivity index (χ2n) is 7.28. The van der Waals surface area contributed by atoms with Crippen LogP contribution in [-0.4, -0.2) is 37.8 Å². The number of hydrogen-bond acceptors (Lipinski definition) is 5. The molecule has 0 spiro atoms. The van der Waals surface area contributed by atoms with Gasteiger partial charge >= 0.3 is 0 Å². The number of fused-ring (bicyclic) bond motifs is 2. The number of nitrogens with one attached hydrogen (secondary N) is 2. The minimum absolute atomic E-state index is 0.0525. The van der Waals surface area contributed by atoms with Crippen molar-refractivity contribution in [3.63, 3.8) is 0 Å². The third-order valence-electron chi connectivity index (χ3n) is 5.27. The van der Waals surface area contributed by atoms with Crippen LogP contribution in [0.5, 0.6) is 0 Å². The fourth-order valence-corrected chi connectivity index (χ4v) is 5.10. The number of piperidine rings is 1. The third kappa shape index (κ3) is 4.02. The molecule has 1 saturated heterocycles. The van der Waals surface area contributed by atoms with Gasteiger partial charge in [-0.05, 0) is 37.3 Å². The number of carbonyl (C=O) groups excluding carboxylic acids is 1. The Morgan fingerprint density at radius 2 is 2.07 bits per heavy atom. The van der Waals surface area contributed by atoms with Crippen LogP contribution in [0.3, 0.4) is 0 Å². The zero-order valence-electron chi connectivity index (χ0n) is 15.5. The summed E-state index contributed by atoms with van der Waals surface area (Å²) in [6.07, 6.45) is 11.9. The molecule has 0 unspecified atom stereocenters. The van der Waals surface area contributed by atoms with Gasteiger partial charge in [0, 0.05) is 19.4 Å². The molecule has 1 fully saturated rings. The Kier molecular flexibility index (Phi) is 5.32. The summed E-state index contributed by atoms with van der Waals surface area (Å²) in [5, 5.41) is 5.08. The lowest BCUT2D eigenvalue weighted by atomic mass is 9.87. The largest absolute Gasteiger partial charge is 0.342 e. The lowest BCUT2D eigenvalue weighted by molar-refractivity contribution is -0.127. The maximum atomic E-state index is 12.4. The Morgan fingerprint density at radius 3 is 2.96 bits per heavy atom. The average Bonchev–Trinajstić information content (AvgIpc) is 2.68. The van der Waals surface area contributed by atoms with Crippen LogP contribution < -0.4 is 10.7 Å². The average molecular weight is 401 g/mol. The normalized spacial score (nSPS) is 25.2. The number of hydrazine groups is 1. The summed E-state index contributed by atoms with van der Waals surface area (Å²) in [6.45, 7) is 0.842. The number of rotatable bonds is 5. The standard InChI is InChI=1S/C20H24N4O3S/c25-20(22-24-14-6-8-15-7-1-3-10-17(15)24)13-5-12-19-21-16-9-2-4-11-18(16)28(26,27)23-19/h1-4,7,9-11,15,17H,5-6,8,12-14H2,(H,21,23)(H,22,25)/t15-,17+/m0/s1. The molecule has 1 aromatic carbocycles. The monoisotopic (exact) mass is 400 g/mol. The molecule has 1 aliphatic carbocycles. The Balaban J connectivity index is 1.30. The number of allylic oxidation sites excluding steroid dienone is 2. The molecule has 7 nitrogen and oxygen atoms in total. The fourth-order valence-electron chi connectivity index (χ4n) is 3.93. The summed E-state index contributed by atoms with van der Waals surface area (Å²) in [7, 11) is -3.68. The van der Waals surface area contributed by atoms with E-state index in [2.05, 4.69) is 33.4 Å². The molecule has 4 rings (SSSR count). The molecule has 2 atom stereocenters. The molecule has 2 aliphatic heterocycles. The SMILES string of the molecule is O=C(CCCC1=NS(=O)(=O)c2ccccc2N1)NN1CCC[C@@H]2C=CC=C[C@H]21. The van der Waals surface area contributed by atoms with Crippen molar-refractivity contribution in [3.05, 3.63) is 48.6 Å². The van der Waals surface area contributed by atoms with Gasteiger partial charge in [-0.25, -0.2) is 5.01 Å². The second kappa shape index (κ2) is 7.89. The predicted molar refractivity (Wildman–Crippen MR) is 108 cm³/mol. The Bertz CT molecular complexity index is 952. The lowest BCUT2D eigenvalue weighted by Gasteiger charge is -2.39. The van der Waals surface area contributed by atoms with Crippen LogP contribution in [0.4, 0.5) is 5.69 Å². The highest BCUT2D eigenvalue weighted by Crippen LogP contribution is 2.28. The zero-order valence-corrected chi connectivity index (χ0v) is 16.4. The number of amidine groups is 1. The topological polar surface area (TPSA) is 90.9 Å². The molecule has 8 heteroatoms. The van der Waals surface area contributed by atoms with Crippen molar-refractivity contribution in [2.75, 3.05) is 11.9 Å². The van der Waals surface area contributed by atoms with Crippen molar-refractivity contribution in [2.24, 2.45) is 10.3 Å². The van der Waals surface area contributed by atoms with Crippen LogP contribution in [0.25, 0.3) is 0 Å². The molecule has 28 heavy (non-hydrogen) atoms. The van der Waals surface area contributed by atoms with Gasteiger partial charge in [-0.1, -0.05) is 36.4 Å². The molecule has 0 aromatic heterocycles. The number of nitrogens with zero attached hydrogens (tertiary/aromatic N) is 2. The first-order valence-electron chi connectivity index (χ1n) is 9.64. The number of amides is 1. The summed E-state index contributed by atoms with van der Waals surface area (Å²) in [5.41, 5.74) is 3.55. The summed E-state index contributed by atoms with van der Waals surface area (Å²) in [5.74, 6) is 0.776. The van der Waals surface area contributed by atoms with Gasteiger partial charge in [0.1, 0.15) is 10.7 Å². The molecule has 0 radical (unpaired) electrons. The maximum absolute atomic E-state index is 12.4. The number of anilines is 1. The van der Waals surface area contributed by atoms with E-state index in [0.29, 0.717) is 36.7 Å². The van der Waals surface area contributed by atoms with Crippen molar-refractivity contribution in [1.82, 2.24) is 10.4 Å². The lowest BCUT2D eigenvalue weighted by Crippen LogP contribution is -2.53. The van der Waals surface area contributed by atoms with Crippen molar-refractivity contribution in [3.8, 4) is 0 Å². The minimum Gasteiger partial charge on any atom is -0.342 e. The van der Waals surface area contributed by atoms with E-state index in [4.69, 9.17) is 0 Å². The van der Waals surface area contributed by atoms with E-state index in [1.165, 1.54) is 6.07 Å². The Hall–Kier alpha value is -2.45. The van der Waals surface area contributed by atoms with E-state index >= 15 is 0 Å². The number of para-hydroxylation sites is 1. The van der Waals surface area contributed by atoms with Gasteiger partial charge in [-0.2, -0.15) is 8.42 Å². The molecule has 3 aliphatic rings. The van der Waals surface area contributed by atoms with Crippen LogP contribution in [0, 0.1) is 5.92 Å². The molecule has 0 saturated carbocycles. The molecule has 2 heterocycles. The molecule has 1 amide bonds. The Labute approximate surface area is 165 Å². The maximum Gasteiger partial charge on any atom is 0.286 e. The molecule has 2 N–H and O–H groups in total. The van der Waals surface area contributed by atoms with E-state index in [9.17, 15) is 13.2 Å². The second-order valence-corrected chi connectivity index (χ2v) is 8.86. The third-order valence-corrected chi connectivity index (χ3v) is 6.65. The van der Waals surface area contributed by atoms with E-state index in [1.54, 1.807) is 18.2 Å². The van der Waals surface area contributed by atoms with Gasteiger partial charge in [-0.15, -0.1) is 4.40 Å². The molecular formula is C20H24N4O3S. The van der Waals surface area contributed by atoms with Gasteiger partial charge in [0.25, 0.3) is 10.0 Å². The van der Waals surface area contributed by atoms with Crippen LogP contribution in [0.2, 0.25) is 0 Å². The van der Waals surface area contributed by atoms with E-state index in [1.807, 2.05) is 11.1 Å². The smallest absolute Gasteiger partial charge is 0.286 e. The van der Waals surface area contributed by atoms with Crippen molar-refractivity contribution < 1.29 is 13.2 Å². The van der Waals surface area contributed by atoms with E-state index in [0.717, 1.165) is 19.4 Å². The predicted octanol–water partition coefficient (Wildman–Crippen LogP) is 2.61. The highest BCUT2D eigenvalue weighted by atomic mass is 32.2. The van der Waals surface area contributed by atoms with Gasteiger partial charge in [0.2, 0.25) is 5.91 Å². The summed E-state index contributed by atoms with van der Waals surface area (Å²) in [6, 6.07) is 6.91. The van der Waals surface area contributed by atoms with Crippen LogP contribution in [0.1, 0.15) is 32.1 Å². The number of sulfonamides is 1. The van der Waals surface area contributed by atoms with Crippen molar-refractivity contribution in [1.29, 1.82) is 0 Å². The van der Waals surface area contributed by atoms with Crippen LogP contribution >= 0.6 is 0 Å². The highest BCUT2D eigenvalue weighted by Gasteiger charge is 2.30. The quantitative estimate of drug-likeness (QED) is 0.793. The van der Waals surface area contributed by atoms with Crippen molar-refractivity contribution >= 4 is 27.5 Å². The summed E-state index contributed by atoms with van der Waals surface area (Å²) >= 11 is 0. The fraction of sp³-hybridized carbons (Fsp3) is 0.400. The number of carbonyl (C=O) groups is 1. The zero-order chi connectivity index (χ0) is 19.6. The number of hydrogen-bond donors (Lipinski definition) is 2. The van der Waals surface area contributed by atoms with Gasteiger partial charge in [-0.3, -0.25) is 10.2 Å². The van der Waals surface area contributed by atoms with Crippen LogP contribution in [-0.2, 0) is 14.8 Å². The minimum atomic E-state index is -3.68. The van der Waals surface area contributed by atoms with Gasteiger partial charge in [0.05, 0.1) is 11.7 Å². The molecule has 148 valence electrons. The first kappa shape index (κ1) is 18.9. The van der Waals surface area contributed by atoms with E-state index < -0.39 is 10.0 Å². The van der Waals surface area contributed by atoms with Gasteiger partial charge < -0.3 is 5.32 Å². The summed E-state index contributed by atoms with van der Waals surface area (Å²) in [4.78, 5) is 12.6. The summed E-state index contributed by atoms with van der Waals surface area (Å²) < 4.78 is 28.3. The molecule has 0 bridgehead atoms. The first-order valence-corrected chi connectivity index (χ1v) is 11.1. The first-order chi connectivity index (χ1) is 13.5. The molecular weight excluding hydrogens is 376 g/mol. The molecule has 1 aromatic rings. The Morgan fingerprint density at radius 1 is 1.25 bits per heavy atom. The number of benzene rings is 1. The highest BCUT2D eigenvalue weighted by molar-refractivity contribution is 7.90. The van der Waals surface area contributed by atoms with Crippen LogP contribution in [0.15, 0.2) is 57.9 Å². The van der Waals surface area contributed by atoms with Crippen molar-refractivity contribution in [2.45, 2.75) is 43.0 Å². The van der Waals surface area contributed by atoms with Gasteiger partial charge in [0.15, 0.2) is 0 Å².